The lowest BCUT2D eigenvalue weighted by molar-refractivity contribution is 1.38. The SMILES string of the molecule is CSc1sccc1-c1nc(-c2ccc(Cl)c(C)c2)cs1. The molecule has 1 aromatic carbocycles. The van der Waals surface area contributed by atoms with Gasteiger partial charge in [-0.3, -0.25) is 0 Å². The van der Waals surface area contributed by atoms with Gasteiger partial charge in [0.25, 0.3) is 0 Å². The van der Waals surface area contributed by atoms with Crippen LogP contribution in [0.5, 0.6) is 0 Å². The number of thiazole rings is 1. The van der Waals surface area contributed by atoms with E-state index in [-0.39, 0.29) is 0 Å². The summed E-state index contributed by atoms with van der Waals surface area (Å²) in [5, 5.41) is 6.11. The highest BCUT2D eigenvalue weighted by atomic mass is 35.5. The van der Waals surface area contributed by atoms with Crippen LogP contribution in [-0.2, 0) is 0 Å². The van der Waals surface area contributed by atoms with Crippen LogP contribution in [0.25, 0.3) is 21.8 Å². The van der Waals surface area contributed by atoms with Crippen molar-refractivity contribution >= 4 is 46.0 Å². The topological polar surface area (TPSA) is 12.9 Å². The average molecular weight is 338 g/mol. The van der Waals surface area contributed by atoms with Gasteiger partial charge in [-0.1, -0.05) is 17.7 Å². The molecule has 0 aliphatic carbocycles. The van der Waals surface area contributed by atoms with E-state index in [4.69, 9.17) is 16.6 Å². The number of hydrogen-bond acceptors (Lipinski definition) is 4. The third kappa shape index (κ3) is 2.66. The van der Waals surface area contributed by atoms with Gasteiger partial charge in [0, 0.05) is 21.5 Å². The third-order valence-corrected chi connectivity index (χ3v) is 6.39. The summed E-state index contributed by atoms with van der Waals surface area (Å²) in [6.45, 7) is 2.02. The normalized spacial score (nSPS) is 10.9. The molecule has 0 saturated carbocycles. The van der Waals surface area contributed by atoms with Gasteiger partial charge in [-0.2, -0.15) is 0 Å². The minimum Gasteiger partial charge on any atom is -0.236 e. The van der Waals surface area contributed by atoms with E-state index in [0.29, 0.717) is 0 Å². The maximum atomic E-state index is 6.07. The summed E-state index contributed by atoms with van der Waals surface area (Å²) >= 11 is 11.3. The zero-order valence-corrected chi connectivity index (χ0v) is 14.2. The van der Waals surface area contributed by atoms with Crippen molar-refractivity contribution in [2.24, 2.45) is 0 Å². The maximum absolute atomic E-state index is 6.07. The van der Waals surface area contributed by atoms with Crippen molar-refractivity contribution in [1.29, 1.82) is 0 Å². The zero-order valence-electron chi connectivity index (χ0n) is 11.0. The molecule has 2 heterocycles. The molecule has 0 bridgehead atoms. The Balaban J connectivity index is 1.99. The highest BCUT2D eigenvalue weighted by Crippen LogP contribution is 2.38. The summed E-state index contributed by atoms with van der Waals surface area (Å²) in [6, 6.07) is 8.19. The van der Waals surface area contributed by atoms with Gasteiger partial charge in [0.2, 0.25) is 0 Å². The Morgan fingerprint density at radius 1 is 1.20 bits per heavy atom. The number of halogens is 1. The Hall–Kier alpha value is -0.810. The molecular formula is C15H12ClNS3. The highest BCUT2D eigenvalue weighted by Gasteiger charge is 2.11. The molecule has 0 saturated heterocycles. The second-order valence-corrected chi connectivity index (χ2v) is 7.58. The van der Waals surface area contributed by atoms with Crippen LogP contribution in [0, 0.1) is 6.92 Å². The predicted molar refractivity (Wildman–Crippen MR) is 92.4 cm³/mol. The molecule has 0 aliphatic heterocycles. The lowest BCUT2D eigenvalue weighted by Crippen LogP contribution is -1.82. The van der Waals surface area contributed by atoms with Gasteiger partial charge in [-0.25, -0.2) is 4.98 Å². The van der Waals surface area contributed by atoms with E-state index in [1.807, 2.05) is 19.1 Å². The van der Waals surface area contributed by atoms with E-state index in [9.17, 15) is 0 Å². The zero-order chi connectivity index (χ0) is 14.1. The van der Waals surface area contributed by atoms with Gasteiger partial charge >= 0.3 is 0 Å². The molecule has 0 fully saturated rings. The van der Waals surface area contributed by atoms with Crippen molar-refractivity contribution < 1.29 is 0 Å². The van der Waals surface area contributed by atoms with Gasteiger partial charge in [0.15, 0.2) is 0 Å². The van der Waals surface area contributed by atoms with Gasteiger partial charge in [-0.05, 0) is 42.3 Å². The Bertz CT molecular complexity index is 745. The molecule has 1 nitrogen and oxygen atoms in total. The summed E-state index contributed by atoms with van der Waals surface area (Å²) in [7, 11) is 0. The monoisotopic (exact) mass is 337 g/mol. The Morgan fingerprint density at radius 2 is 2.05 bits per heavy atom. The van der Waals surface area contributed by atoms with Crippen molar-refractivity contribution in [1.82, 2.24) is 4.98 Å². The van der Waals surface area contributed by atoms with Crippen LogP contribution in [-0.4, -0.2) is 11.2 Å². The molecule has 0 radical (unpaired) electrons. The third-order valence-electron chi connectivity index (χ3n) is 3.00. The van der Waals surface area contributed by atoms with Gasteiger partial charge in [-0.15, -0.1) is 34.4 Å². The van der Waals surface area contributed by atoms with Crippen LogP contribution in [0.1, 0.15) is 5.56 Å². The van der Waals surface area contributed by atoms with Crippen molar-refractivity contribution in [2.45, 2.75) is 11.1 Å². The van der Waals surface area contributed by atoms with E-state index < -0.39 is 0 Å². The average Bonchev–Trinajstić information content (AvgIpc) is 3.09. The Labute approximate surface area is 135 Å². The molecule has 5 heteroatoms. The summed E-state index contributed by atoms with van der Waals surface area (Å²) in [6.07, 6.45) is 2.10. The van der Waals surface area contributed by atoms with E-state index in [1.54, 1.807) is 34.4 Å². The fraction of sp³-hybridized carbons (Fsp3) is 0.133. The van der Waals surface area contributed by atoms with Gasteiger partial charge in [0.05, 0.1) is 9.90 Å². The molecule has 3 rings (SSSR count). The first-order valence-corrected chi connectivity index (χ1v) is 9.39. The quantitative estimate of drug-likeness (QED) is 0.526. The minimum absolute atomic E-state index is 0.798. The number of thiophene rings is 1. The number of thioether (sulfide) groups is 1. The molecule has 3 aromatic rings. The van der Waals surface area contributed by atoms with Crippen molar-refractivity contribution in [3.8, 4) is 21.8 Å². The van der Waals surface area contributed by atoms with Crippen LogP contribution < -0.4 is 0 Å². The molecule has 0 amide bonds. The first kappa shape index (κ1) is 14.1. The molecule has 0 spiro atoms. The van der Waals surface area contributed by atoms with Crippen molar-refractivity contribution in [3.63, 3.8) is 0 Å². The van der Waals surface area contributed by atoms with Crippen molar-refractivity contribution in [3.05, 3.63) is 45.6 Å². The second kappa shape index (κ2) is 5.90. The fourth-order valence-electron chi connectivity index (χ4n) is 1.95. The molecule has 102 valence electrons. The first-order valence-electron chi connectivity index (χ1n) is 6.03. The summed E-state index contributed by atoms with van der Waals surface area (Å²) < 4.78 is 1.32. The van der Waals surface area contributed by atoms with E-state index >= 15 is 0 Å². The Kier molecular flexibility index (Phi) is 4.17. The van der Waals surface area contributed by atoms with E-state index in [0.717, 1.165) is 26.9 Å². The van der Waals surface area contributed by atoms with E-state index in [1.165, 1.54) is 9.77 Å². The molecular weight excluding hydrogens is 326 g/mol. The number of nitrogens with zero attached hydrogens (tertiary/aromatic N) is 1. The number of benzene rings is 1. The minimum atomic E-state index is 0.798. The second-order valence-electron chi connectivity index (χ2n) is 4.33. The molecule has 0 unspecified atom stereocenters. The molecule has 0 aliphatic rings. The lowest BCUT2D eigenvalue weighted by Gasteiger charge is -2.01. The van der Waals surface area contributed by atoms with Gasteiger partial charge in [0.1, 0.15) is 5.01 Å². The molecule has 2 aromatic heterocycles. The Morgan fingerprint density at radius 3 is 2.80 bits per heavy atom. The van der Waals surface area contributed by atoms with Gasteiger partial charge < -0.3 is 0 Å². The largest absolute Gasteiger partial charge is 0.236 e. The van der Waals surface area contributed by atoms with Crippen molar-refractivity contribution in [2.75, 3.05) is 6.26 Å². The van der Waals surface area contributed by atoms with E-state index in [2.05, 4.69) is 29.1 Å². The summed E-state index contributed by atoms with van der Waals surface area (Å²) in [4.78, 5) is 4.77. The first-order chi connectivity index (χ1) is 9.69. The highest BCUT2D eigenvalue weighted by molar-refractivity contribution is 8.00. The van der Waals surface area contributed by atoms with Crippen LogP contribution in [0.4, 0.5) is 0 Å². The molecule has 20 heavy (non-hydrogen) atoms. The van der Waals surface area contributed by atoms with Crippen LogP contribution in [0.3, 0.4) is 0 Å². The molecule has 0 N–H and O–H groups in total. The molecule has 0 atom stereocenters. The number of aromatic nitrogens is 1. The number of aryl methyl sites for hydroxylation is 1. The summed E-state index contributed by atoms with van der Waals surface area (Å²) in [5.74, 6) is 0. The predicted octanol–water partition coefficient (Wildman–Crippen LogP) is 6.22. The van der Waals surface area contributed by atoms with Crippen LogP contribution in [0.15, 0.2) is 39.2 Å². The lowest BCUT2D eigenvalue weighted by atomic mass is 10.1. The van der Waals surface area contributed by atoms with Crippen LogP contribution >= 0.6 is 46.0 Å². The number of rotatable bonds is 3. The number of hydrogen-bond donors (Lipinski definition) is 0. The van der Waals surface area contributed by atoms with Crippen LogP contribution in [0.2, 0.25) is 5.02 Å². The smallest absolute Gasteiger partial charge is 0.126 e. The fourth-order valence-corrected chi connectivity index (χ4v) is 4.61. The maximum Gasteiger partial charge on any atom is 0.126 e. The standard InChI is InChI=1S/C15H12ClNS3/c1-9-7-10(3-4-12(9)16)13-8-20-14(17-13)11-5-6-19-15(11)18-2/h3-8H,1-2H3. The summed E-state index contributed by atoms with van der Waals surface area (Å²) in [5.41, 5.74) is 4.46.